The van der Waals surface area contributed by atoms with E-state index in [0.717, 1.165) is 12.1 Å². The minimum absolute atomic E-state index is 0.150. The summed E-state index contributed by atoms with van der Waals surface area (Å²) in [5.74, 6) is -2.05. The first kappa shape index (κ1) is 21.3. The van der Waals surface area contributed by atoms with Crippen LogP contribution < -0.4 is 0 Å². The molecule has 8 heteroatoms. The largest absolute Gasteiger partial charge is 0.465 e. The van der Waals surface area contributed by atoms with Crippen molar-refractivity contribution in [3.63, 3.8) is 0 Å². The van der Waals surface area contributed by atoms with Gasteiger partial charge in [0.2, 0.25) is 0 Å². The van der Waals surface area contributed by atoms with Crippen LogP contribution in [0, 0.1) is 17.0 Å². The number of likely N-dealkylation sites (tertiary alicyclic amines) is 1. The highest BCUT2D eigenvalue weighted by Crippen LogP contribution is 2.49. The second-order valence-corrected chi connectivity index (χ2v) is 10.3. The minimum Gasteiger partial charge on any atom is -0.465 e. The average Bonchev–Trinajstić information content (AvgIpc) is 2.49. The molecule has 1 aromatic carbocycles. The van der Waals surface area contributed by atoms with Crippen LogP contribution in [0.25, 0.3) is 0 Å². The number of rotatable bonds is 2. The molecule has 1 aromatic rings. The van der Waals surface area contributed by atoms with E-state index in [0.29, 0.717) is 8.96 Å². The molecule has 3 atom stereocenters. The number of aliphatic hydroxyl groups excluding tert-OH is 1. The molecule has 144 valence electrons. The number of hydrogen-bond acceptors (Lipinski definition) is 2. The van der Waals surface area contributed by atoms with Crippen molar-refractivity contribution in [1.29, 1.82) is 0 Å². The van der Waals surface area contributed by atoms with E-state index in [1.165, 1.54) is 11.0 Å². The standard InChI is InChI=1S/C18H21Br2F2NO3/c1-17(2,3)15-18(9-14(19)20,10-4-5-11(21)12(22)8-10)13(24)6-7-23(15)16(25)26/h4-5,8-9,13,15,24H,6-7H2,1-3H3,(H,25,26)/t13-,15?,18-/m1/s1. The SMILES string of the molecule is CC(C)(C)C1N(C(=O)O)CC[C@@H](O)[C@@]1(C=C(Br)Br)c1ccc(F)c(F)c1. The maximum absolute atomic E-state index is 14.0. The van der Waals surface area contributed by atoms with Gasteiger partial charge in [0.05, 0.1) is 21.0 Å². The van der Waals surface area contributed by atoms with Crippen LogP contribution >= 0.6 is 31.9 Å². The maximum atomic E-state index is 14.0. The van der Waals surface area contributed by atoms with Crippen molar-refractivity contribution < 1.29 is 23.8 Å². The van der Waals surface area contributed by atoms with Crippen LogP contribution in [0.4, 0.5) is 13.6 Å². The van der Waals surface area contributed by atoms with E-state index >= 15 is 0 Å². The van der Waals surface area contributed by atoms with Crippen molar-refractivity contribution in [2.24, 2.45) is 5.41 Å². The Morgan fingerprint density at radius 3 is 2.38 bits per heavy atom. The Morgan fingerprint density at radius 2 is 1.92 bits per heavy atom. The molecule has 0 spiro atoms. The number of halogens is 4. The number of carbonyl (C=O) groups is 1. The zero-order valence-electron chi connectivity index (χ0n) is 14.6. The highest BCUT2D eigenvalue weighted by molar-refractivity contribution is 9.28. The maximum Gasteiger partial charge on any atom is 0.407 e. The highest BCUT2D eigenvalue weighted by Gasteiger charge is 2.56. The Hall–Kier alpha value is -0.990. The minimum atomic E-state index is -1.27. The van der Waals surface area contributed by atoms with E-state index in [2.05, 4.69) is 31.9 Å². The Bertz CT molecular complexity index is 732. The Balaban J connectivity index is 2.85. The lowest BCUT2D eigenvalue weighted by Crippen LogP contribution is -2.66. The lowest BCUT2D eigenvalue weighted by molar-refractivity contribution is -0.0489. The summed E-state index contributed by atoms with van der Waals surface area (Å²) in [5, 5.41) is 20.7. The van der Waals surface area contributed by atoms with Gasteiger partial charge in [0.1, 0.15) is 0 Å². The molecule has 0 bridgehead atoms. The van der Waals surface area contributed by atoms with Crippen molar-refractivity contribution in [3.8, 4) is 0 Å². The molecule has 0 saturated carbocycles. The summed E-state index contributed by atoms with van der Waals surface area (Å²) >= 11 is 6.57. The molecular formula is C18H21Br2F2NO3. The smallest absolute Gasteiger partial charge is 0.407 e. The fourth-order valence-electron chi connectivity index (χ4n) is 4.01. The molecule has 26 heavy (non-hydrogen) atoms. The predicted molar refractivity (Wildman–Crippen MR) is 103 cm³/mol. The van der Waals surface area contributed by atoms with E-state index in [-0.39, 0.29) is 13.0 Å². The number of piperidine rings is 1. The van der Waals surface area contributed by atoms with Gasteiger partial charge < -0.3 is 15.1 Å². The molecule has 1 amide bonds. The zero-order valence-corrected chi connectivity index (χ0v) is 17.8. The van der Waals surface area contributed by atoms with Crippen LogP contribution in [0.3, 0.4) is 0 Å². The summed E-state index contributed by atoms with van der Waals surface area (Å²) in [5.41, 5.74) is -1.56. The molecule has 4 nitrogen and oxygen atoms in total. The number of nitrogens with zero attached hydrogens (tertiary/aromatic N) is 1. The number of hydrogen-bond donors (Lipinski definition) is 2. The van der Waals surface area contributed by atoms with Gasteiger partial charge in [-0.1, -0.05) is 26.8 Å². The van der Waals surface area contributed by atoms with Crippen LogP contribution in [0.5, 0.6) is 0 Å². The molecule has 1 fully saturated rings. The number of amides is 1. The molecule has 1 aliphatic heterocycles. The van der Waals surface area contributed by atoms with Gasteiger partial charge in [0, 0.05) is 6.54 Å². The first-order chi connectivity index (χ1) is 11.9. The quantitative estimate of drug-likeness (QED) is 0.606. The summed E-state index contributed by atoms with van der Waals surface area (Å²) < 4.78 is 28.0. The summed E-state index contributed by atoms with van der Waals surface area (Å²) in [6.07, 6.45) is -0.308. The Labute approximate surface area is 168 Å². The van der Waals surface area contributed by atoms with Crippen molar-refractivity contribution in [2.45, 2.75) is 44.8 Å². The van der Waals surface area contributed by atoms with Crippen LogP contribution in [0.1, 0.15) is 32.8 Å². The monoisotopic (exact) mass is 495 g/mol. The summed E-state index contributed by atoms with van der Waals surface area (Å²) in [4.78, 5) is 13.2. The van der Waals surface area contributed by atoms with E-state index in [9.17, 15) is 23.8 Å². The van der Waals surface area contributed by atoms with Gasteiger partial charge in [-0.2, -0.15) is 0 Å². The Morgan fingerprint density at radius 1 is 1.31 bits per heavy atom. The van der Waals surface area contributed by atoms with Crippen LogP contribution in [-0.2, 0) is 5.41 Å². The summed E-state index contributed by atoms with van der Waals surface area (Å²) in [6.45, 7) is 5.72. The summed E-state index contributed by atoms with van der Waals surface area (Å²) in [6, 6.07) is 2.70. The molecular weight excluding hydrogens is 476 g/mol. The number of benzene rings is 1. The van der Waals surface area contributed by atoms with Gasteiger partial charge in [-0.3, -0.25) is 0 Å². The van der Waals surface area contributed by atoms with Crippen molar-refractivity contribution in [2.75, 3.05) is 6.54 Å². The molecule has 1 saturated heterocycles. The molecule has 1 aliphatic rings. The molecule has 0 aliphatic carbocycles. The fourth-order valence-corrected chi connectivity index (χ4v) is 4.77. The third kappa shape index (κ3) is 3.82. The van der Waals surface area contributed by atoms with Crippen molar-refractivity contribution in [3.05, 3.63) is 44.9 Å². The lowest BCUT2D eigenvalue weighted by Gasteiger charge is -2.55. The normalized spacial score (nSPS) is 26.5. The van der Waals surface area contributed by atoms with E-state index in [1.807, 2.05) is 20.8 Å². The molecule has 2 N–H and O–H groups in total. The summed E-state index contributed by atoms with van der Waals surface area (Å²) in [7, 11) is 0. The van der Waals surface area contributed by atoms with Crippen LogP contribution in [0.2, 0.25) is 0 Å². The second kappa shape index (κ2) is 7.56. The first-order valence-electron chi connectivity index (χ1n) is 8.08. The molecule has 1 heterocycles. The second-order valence-electron chi connectivity index (χ2n) is 7.54. The molecule has 2 rings (SSSR count). The van der Waals surface area contributed by atoms with E-state index in [4.69, 9.17) is 0 Å². The highest BCUT2D eigenvalue weighted by atomic mass is 79.9. The third-order valence-corrected chi connectivity index (χ3v) is 5.25. The Kier molecular flexibility index (Phi) is 6.20. The van der Waals surface area contributed by atoms with Gasteiger partial charge in [-0.15, -0.1) is 0 Å². The third-order valence-electron chi connectivity index (χ3n) is 4.79. The lowest BCUT2D eigenvalue weighted by atomic mass is 9.59. The van der Waals surface area contributed by atoms with Crippen molar-refractivity contribution in [1.82, 2.24) is 4.90 Å². The first-order valence-corrected chi connectivity index (χ1v) is 9.67. The number of carboxylic acid groups (broad SMARTS) is 1. The average molecular weight is 497 g/mol. The van der Waals surface area contributed by atoms with E-state index in [1.54, 1.807) is 6.08 Å². The molecule has 0 aromatic heterocycles. The molecule has 0 radical (unpaired) electrons. The van der Waals surface area contributed by atoms with Crippen LogP contribution in [0.15, 0.2) is 27.7 Å². The van der Waals surface area contributed by atoms with Gasteiger partial charge in [-0.05, 0) is 67.5 Å². The topological polar surface area (TPSA) is 60.8 Å². The van der Waals surface area contributed by atoms with Gasteiger partial charge in [-0.25, -0.2) is 13.6 Å². The van der Waals surface area contributed by atoms with Crippen molar-refractivity contribution >= 4 is 38.0 Å². The molecule has 1 unspecified atom stereocenters. The van der Waals surface area contributed by atoms with Gasteiger partial charge in [0.25, 0.3) is 0 Å². The zero-order chi connectivity index (χ0) is 19.9. The van der Waals surface area contributed by atoms with E-state index < -0.39 is 40.7 Å². The van der Waals surface area contributed by atoms with Gasteiger partial charge in [0.15, 0.2) is 11.6 Å². The number of aliphatic hydroxyl groups is 1. The predicted octanol–water partition coefficient (Wildman–Crippen LogP) is 4.99. The van der Waals surface area contributed by atoms with Gasteiger partial charge >= 0.3 is 6.09 Å². The fraction of sp³-hybridized carbons (Fsp3) is 0.500. The van der Waals surface area contributed by atoms with Crippen LogP contribution in [-0.4, -0.2) is 39.9 Å².